The second-order valence-electron chi connectivity index (χ2n) is 6.13. The Labute approximate surface area is 127 Å². The van der Waals surface area contributed by atoms with Gasteiger partial charge < -0.3 is 5.32 Å². The molecule has 2 rings (SSSR count). The minimum absolute atomic E-state index is 0.459. The Morgan fingerprint density at radius 3 is 2.43 bits per heavy atom. The summed E-state index contributed by atoms with van der Waals surface area (Å²) >= 11 is 0. The van der Waals surface area contributed by atoms with Crippen LogP contribution in [-0.2, 0) is 16.6 Å². The first-order valence-corrected chi connectivity index (χ1v) is 8.87. The molecule has 0 aromatic heterocycles. The molecule has 21 heavy (non-hydrogen) atoms. The molecule has 1 aliphatic rings. The normalized spacial score (nSPS) is 17.8. The molecule has 0 bridgehead atoms. The molecule has 5 nitrogen and oxygen atoms in total. The quantitative estimate of drug-likeness (QED) is 0.828. The monoisotopic (exact) mass is 311 g/mol. The second-order valence-corrected chi connectivity index (χ2v) is 7.80. The van der Waals surface area contributed by atoms with Gasteiger partial charge in [-0.3, -0.25) is 0 Å². The first kappa shape index (κ1) is 16.4. The number of hydrogen-bond acceptors (Lipinski definition) is 3. The Balaban J connectivity index is 1.93. The van der Waals surface area contributed by atoms with Gasteiger partial charge in [0.15, 0.2) is 0 Å². The van der Waals surface area contributed by atoms with Crippen molar-refractivity contribution in [2.45, 2.75) is 32.2 Å². The van der Waals surface area contributed by atoms with Crippen LogP contribution in [0.5, 0.6) is 0 Å². The van der Waals surface area contributed by atoms with Crippen LogP contribution in [0.15, 0.2) is 30.3 Å². The Morgan fingerprint density at radius 2 is 1.81 bits per heavy atom. The molecule has 1 saturated heterocycles. The Bertz CT molecular complexity index is 537. The SMILES string of the molecule is CC(C)(CCc1ccccc1)NS(=O)(=O)N1CCNCC1. The molecule has 0 spiro atoms. The minimum Gasteiger partial charge on any atom is -0.314 e. The van der Waals surface area contributed by atoms with Crippen molar-refractivity contribution in [3.63, 3.8) is 0 Å². The molecular weight excluding hydrogens is 286 g/mol. The van der Waals surface area contributed by atoms with Crippen LogP contribution >= 0.6 is 0 Å². The first-order valence-electron chi connectivity index (χ1n) is 7.43. The molecule has 6 heteroatoms. The zero-order chi connectivity index (χ0) is 15.3. The molecule has 1 aromatic rings. The van der Waals surface area contributed by atoms with E-state index in [1.165, 1.54) is 9.87 Å². The largest absolute Gasteiger partial charge is 0.314 e. The predicted octanol–water partition coefficient (Wildman–Crippen LogP) is 1.14. The van der Waals surface area contributed by atoms with Crippen LogP contribution in [0.1, 0.15) is 25.8 Å². The molecule has 0 aliphatic carbocycles. The van der Waals surface area contributed by atoms with Crippen molar-refractivity contribution in [3.8, 4) is 0 Å². The van der Waals surface area contributed by atoms with E-state index in [0.717, 1.165) is 12.8 Å². The summed E-state index contributed by atoms with van der Waals surface area (Å²) in [7, 11) is -3.40. The maximum atomic E-state index is 12.4. The molecule has 118 valence electrons. The van der Waals surface area contributed by atoms with Crippen LogP contribution in [0.3, 0.4) is 0 Å². The Kier molecular flexibility index (Phi) is 5.37. The summed E-state index contributed by atoms with van der Waals surface area (Å²) in [5, 5.41) is 3.16. The summed E-state index contributed by atoms with van der Waals surface area (Å²) in [6.07, 6.45) is 1.63. The van der Waals surface area contributed by atoms with Gasteiger partial charge in [0, 0.05) is 31.7 Å². The summed E-state index contributed by atoms with van der Waals surface area (Å²) in [4.78, 5) is 0. The number of benzene rings is 1. The molecule has 0 amide bonds. The average Bonchev–Trinajstić information content (AvgIpc) is 2.46. The fourth-order valence-electron chi connectivity index (χ4n) is 2.45. The van der Waals surface area contributed by atoms with Crippen LogP contribution in [0.2, 0.25) is 0 Å². The highest BCUT2D eigenvalue weighted by Crippen LogP contribution is 2.16. The smallest absolute Gasteiger partial charge is 0.280 e. The molecule has 0 saturated carbocycles. The Morgan fingerprint density at radius 1 is 1.19 bits per heavy atom. The average molecular weight is 311 g/mol. The van der Waals surface area contributed by atoms with Crippen molar-refractivity contribution < 1.29 is 8.42 Å². The highest BCUT2D eigenvalue weighted by molar-refractivity contribution is 7.87. The number of aryl methyl sites for hydroxylation is 1. The predicted molar refractivity (Wildman–Crippen MR) is 85.3 cm³/mol. The van der Waals surface area contributed by atoms with E-state index in [4.69, 9.17) is 0 Å². The van der Waals surface area contributed by atoms with E-state index < -0.39 is 15.7 Å². The Hall–Kier alpha value is -0.950. The van der Waals surface area contributed by atoms with E-state index in [9.17, 15) is 8.42 Å². The summed E-state index contributed by atoms with van der Waals surface area (Å²) in [5.74, 6) is 0. The number of hydrogen-bond donors (Lipinski definition) is 2. The van der Waals surface area contributed by atoms with E-state index >= 15 is 0 Å². The molecular formula is C15H25N3O2S. The first-order chi connectivity index (χ1) is 9.89. The van der Waals surface area contributed by atoms with Crippen molar-refractivity contribution in [2.75, 3.05) is 26.2 Å². The molecule has 2 N–H and O–H groups in total. The lowest BCUT2D eigenvalue weighted by molar-refractivity contribution is 0.336. The standard InChI is InChI=1S/C15H25N3O2S/c1-15(2,9-8-14-6-4-3-5-7-14)17-21(19,20)18-12-10-16-11-13-18/h3-7,16-17H,8-13H2,1-2H3. The topological polar surface area (TPSA) is 61.4 Å². The van der Waals surface area contributed by atoms with Crippen molar-refractivity contribution in [1.29, 1.82) is 0 Å². The molecule has 0 radical (unpaired) electrons. The van der Waals surface area contributed by atoms with Crippen LogP contribution in [0, 0.1) is 0 Å². The van der Waals surface area contributed by atoms with Crippen molar-refractivity contribution >= 4 is 10.2 Å². The third-order valence-electron chi connectivity index (χ3n) is 3.70. The van der Waals surface area contributed by atoms with Crippen molar-refractivity contribution in [3.05, 3.63) is 35.9 Å². The molecule has 0 atom stereocenters. The highest BCUT2D eigenvalue weighted by Gasteiger charge is 2.30. The summed E-state index contributed by atoms with van der Waals surface area (Å²) < 4.78 is 29.2. The number of nitrogens with zero attached hydrogens (tertiary/aromatic N) is 1. The number of rotatable bonds is 6. The van der Waals surface area contributed by atoms with E-state index in [2.05, 4.69) is 22.2 Å². The van der Waals surface area contributed by atoms with E-state index in [1.807, 2.05) is 32.0 Å². The number of nitrogens with one attached hydrogen (secondary N) is 2. The fourth-order valence-corrected chi connectivity index (χ4v) is 4.04. The van der Waals surface area contributed by atoms with Crippen molar-refractivity contribution in [1.82, 2.24) is 14.3 Å². The molecule has 1 heterocycles. The third-order valence-corrected chi connectivity index (χ3v) is 5.56. The third kappa shape index (κ3) is 5.07. The van der Waals surface area contributed by atoms with Gasteiger partial charge in [-0.05, 0) is 32.3 Å². The van der Waals surface area contributed by atoms with Gasteiger partial charge in [0.2, 0.25) is 0 Å². The summed E-state index contributed by atoms with van der Waals surface area (Å²) in [6.45, 7) is 6.37. The number of piperazine rings is 1. The lowest BCUT2D eigenvalue weighted by Gasteiger charge is -2.32. The van der Waals surface area contributed by atoms with Crippen molar-refractivity contribution in [2.24, 2.45) is 0 Å². The molecule has 1 fully saturated rings. The maximum Gasteiger partial charge on any atom is 0.280 e. The highest BCUT2D eigenvalue weighted by atomic mass is 32.2. The van der Waals surface area contributed by atoms with Gasteiger partial charge in [-0.1, -0.05) is 30.3 Å². The van der Waals surface area contributed by atoms with Gasteiger partial charge in [-0.2, -0.15) is 17.4 Å². The molecule has 0 unspecified atom stereocenters. The fraction of sp³-hybridized carbons (Fsp3) is 0.600. The van der Waals surface area contributed by atoms with E-state index in [1.54, 1.807) is 0 Å². The van der Waals surface area contributed by atoms with Gasteiger partial charge in [-0.15, -0.1) is 0 Å². The van der Waals surface area contributed by atoms with Gasteiger partial charge >= 0.3 is 0 Å². The molecule has 1 aromatic carbocycles. The van der Waals surface area contributed by atoms with Crippen LogP contribution in [0.25, 0.3) is 0 Å². The van der Waals surface area contributed by atoms with Gasteiger partial charge in [0.1, 0.15) is 0 Å². The zero-order valence-corrected chi connectivity index (χ0v) is 13.6. The second kappa shape index (κ2) is 6.87. The summed E-state index contributed by atoms with van der Waals surface area (Å²) in [6, 6.07) is 10.1. The lowest BCUT2D eigenvalue weighted by atomic mass is 9.97. The van der Waals surface area contributed by atoms with Gasteiger partial charge in [-0.25, -0.2) is 0 Å². The van der Waals surface area contributed by atoms with E-state index in [-0.39, 0.29) is 0 Å². The van der Waals surface area contributed by atoms with E-state index in [0.29, 0.717) is 26.2 Å². The van der Waals surface area contributed by atoms with Crippen LogP contribution < -0.4 is 10.0 Å². The van der Waals surface area contributed by atoms with Gasteiger partial charge in [0.25, 0.3) is 10.2 Å². The summed E-state index contributed by atoms with van der Waals surface area (Å²) in [5.41, 5.74) is 0.770. The molecule has 1 aliphatic heterocycles. The minimum atomic E-state index is -3.40. The zero-order valence-electron chi connectivity index (χ0n) is 12.8. The van der Waals surface area contributed by atoms with Crippen LogP contribution in [-0.4, -0.2) is 44.4 Å². The maximum absolute atomic E-state index is 12.4. The van der Waals surface area contributed by atoms with Crippen LogP contribution in [0.4, 0.5) is 0 Å². The lowest BCUT2D eigenvalue weighted by Crippen LogP contribution is -2.55. The van der Waals surface area contributed by atoms with Gasteiger partial charge in [0.05, 0.1) is 0 Å².